The van der Waals surface area contributed by atoms with Gasteiger partial charge in [-0.1, -0.05) is 68.3 Å². The van der Waals surface area contributed by atoms with Gasteiger partial charge in [0.1, 0.15) is 6.61 Å². The second kappa shape index (κ2) is 11.5. The number of carboxylic acid groups (broad SMARTS) is 1. The Balaban J connectivity index is 1.50. The van der Waals surface area contributed by atoms with Gasteiger partial charge in [0.15, 0.2) is 0 Å². The van der Waals surface area contributed by atoms with Gasteiger partial charge in [-0.25, -0.2) is 4.79 Å². The molecule has 2 aromatic carbocycles. The Labute approximate surface area is 194 Å². The number of unbranched alkanes of at least 4 members (excludes halogenated alkanes) is 1. The van der Waals surface area contributed by atoms with Crippen molar-refractivity contribution in [2.75, 3.05) is 6.61 Å². The van der Waals surface area contributed by atoms with Crippen LogP contribution in [0.5, 0.6) is 0 Å². The highest BCUT2D eigenvalue weighted by atomic mass is 16.5. The fraction of sp³-hybridized carbons (Fsp3) is 0.423. The third-order valence-corrected chi connectivity index (χ3v) is 5.89. The van der Waals surface area contributed by atoms with Gasteiger partial charge in [-0.2, -0.15) is 0 Å². The summed E-state index contributed by atoms with van der Waals surface area (Å²) in [6.07, 6.45) is 1.73. The summed E-state index contributed by atoms with van der Waals surface area (Å²) in [6, 6.07) is 15.4. The van der Waals surface area contributed by atoms with Crippen LogP contribution < -0.4 is 10.6 Å². The first-order valence-corrected chi connectivity index (χ1v) is 11.5. The Kier molecular flexibility index (Phi) is 8.46. The number of carbonyl (C=O) groups is 3. The molecule has 3 N–H and O–H groups in total. The van der Waals surface area contributed by atoms with Crippen molar-refractivity contribution in [2.24, 2.45) is 0 Å². The largest absolute Gasteiger partial charge is 0.481 e. The SMILES string of the molecule is CCCC[C@H](CC(=O)O)NC(=O)CC(C)NC(=O)OCC1c2ccccc2-c2ccccc21. The second-order valence-corrected chi connectivity index (χ2v) is 8.58. The van der Waals surface area contributed by atoms with E-state index in [1.165, 1.54) is 0 Å². The number of nitrogens with one attached hydrogen (secondary N) is 2. The molecular formula is C26H32N2O5. The van der Waals surface area contributed by atoms with Crippen molar-refractivity contribution in [1.82, 2.24) is 10.6 Å². The number of hydrogen-bond acceptors (Lipinski definition) is 4. The number of fused-ring (bicyclic) bond motifs is 3. The van der Waals surface area contributed by atoms with Crippen molar-refractivity contribution >= 4 is 18.0 Å². The fourth-order valence-corrected chi connectivity index (χ4v) is 4.34. The standard InChI is InChI=1S/C26H32N2O5/c1-3-4-9-18(15-25(30)31)28-24(29)14-17(2)27-26(32)33-16-23-21-12-7-5-10-19(21)20-11-6-8-13-22(20)23/h5-8,10-13,17-18,23H,3-4,9,14-16H2,1-2H3,(H,27,32)(H,28,29)(H,30,31)/t17?,18-/m1/s1. The van der Waals surface area contributed by atoms with Crippen LogP contribution in [0.15, 0.2) is 48.5 Å². The number of benzene rings is 2. The molecule has 1 unspecified atom stereocenters. The number of carboxylic acids is 1. The van der Waals surface area contributed by atoms with Gasteiger partial charge in [-0.3, -0.25) is 9.59 Å². The predicted molar refractivity (Wildman–Crippen MR) is 126 cm³/mol. The molecule has 33 heavy (non-hydrogen) atoms. The lowest BCUT2D eigenvalue weighted by atomic mass is 9.98. The first-order valence-electron chi connectivity index (χ1n) is 11.5. The molecule has 7 nitrogen and oxygen atoms in total. The van der Waals surface area contributed by atoms with E-state index in [4.69, 9.17) is 9.84 Å². The molecule has 0 fully saturated rings. The van der Waals surface area contributed by atoms with Crippen molar-refractivity contribution in [3.8, 4) is 11.1 Å². The molecule has 2 amide bonds. The van der Waals surface area contributed by atoms with Crippen molar-refractivity contribution in [3.63, 3.8) is 0 Å². The average molecular weight is 453 g/mol. The van der Waals surface area contributed by atoms with Crippen LogP contribution in [0.25, 0.3) is 11.1 Å². The summed E-state index contributed by atoms with van der Waals surface area (Å²) in [6.45, 7) is 3.94. The van der Waals surface area contributed by atoms with E-state index in [9.17, 15) is 14.4 Å². The monoisotopic (exact) mass is 452 g/mol. The number of carbonyl (C=O) groups excluding carboxylic acids is 2. The summed E-state index contributed by atoms with van der Waals surface area (Å²) >= 11 is 0. The first kappa shape index (κ1) is 24.3. The number of amides is 2. The predicted octanol–water partition coefficient (Wildman–Crippen LogP) is 4.45. The molecule has 2 atom stereocenters. The zero-order chi connectivity index (χ0) is 23.8. The van der Waals surface area contributed by atoms with Gasteiger partial charge in [0.05, 0.1) is 6.42 Å². The van der Waals surface area contributed by atoms with E-state index >= 15 is 0 Å². The molecule has 0 aromatic heterocycles. The Morgan fingerprint density at radius 2 is 1.58 bits per heavy atom. The Bertz CT molecular complexity index is 945. The highest BCUT2D eigenvalue weighted by Crippen LogP contribution is 2.44. The topological polar surface area (TPSA) is 105 Å². The van der Waals surface area contributed by atoms with Crippen LogP contribution in [0.4, 0.5) is 4.79 Å². The first-order chi connectivity index (χ1) is 15.9. The van der Waals surface area contributed by atoms with Gasteiger partial charge in [-0.05, 0) is 35.6 Å². The van der Waals surface area contributed by atoms with E-state index in [2.05, 4.69) is 34.9 Å². The summed E-state index contributed by atoms with van der Waals surface area (Å²) in [4.78, 5) is 35.7. The van der Waals surface area contributed by atoms with E-state index in [0.717, 1.165) is 35.1 Å². The summed E-state index contributed by atoms with van der Waals surface area (Å²) in [5.41, 5.74) is 4.59. The maximum atomic E-state index is 12.4. The number of ether oxygens (including phenoxy) is 1. The molecular weight excluding hydrogens is 420 g/mol. The summed E-state index contributed by atoms with van der Waals surface area (Å²) in [5.74, 6) is -1.26. The Morgan fingerprint density at radius 3 is 2.15 bits per heavy atom. The van der Waals surface area contributed by atoms with Gasteiger partial charge in [0.2, 0.25) is 5.91 Å². The molecule has 0 radical (unpaired) electrons. The van der Waals surface area contributed by atoms with Crippen LogP contribution in [0.1, 0.15) is 63.0 Å². The number of rotatable bonds is 11. The lowest BCUT2D eigenvalue weighted by Crippen LogP contribution is -2.41. The second-order valence-electron chi connectivity index (χ2n) is 8.58. The molecule has 3 rings (SSSR count). The maximum Gasteiger partial charge on any atom is 0.407 e. The summed E-state index contributed by atoms with van der Waals surface area (Å²) < 4.78 is 5.52. The lowest BCUT2D eigenvalue weighted by Gasteiger charge is -2.19. The van der Waals surface area contributed by atoms with Gasteiger partial charge >= 0.3 is 12.1 Å². The van der Waals surface area contributed by atoms with E-state index in [1.54, 1.807) is 6.92 Å². The minimum Gasteiger partial charge on any atom is -0.481 e. The van der Waals surface area contributed by atoms with Gasteiger partial charge < -0.3 is 20.5 Å². The highest BCUT2D eigenvalue weighted by Gasteiger charge is 2.29. The van der Waals surface area contributed by atoms with E-state index in [0.29, 0.717) is 6.42 Å². The van der Waals surface area contributed by atoms with Crippen LogP contribution in [-0.4, -0.2) is 41.8 Å². The van der Waals surface area contributed by atoms with Crippen LogP contribution in [0, 0.1) is 0 Å². The molecule has 0 saturated heterocycles. The Hall–Kier alpha value is -3.35. The van der Waals surface area contributed by atoms with E-state index in [-0.39, 0.29) is 31.3 Å². The van der Waals surface area contributed by atoms with Gasteiger partial charge in [0.25, 0.3) is 0 Å². The van der Waals surface area contributed by atoms with Crippen LogP contribution in [0.2, 0.25) is 0 Å². The van der Waals surface area contributed by atoms with Crippen molar-refractivity contribution in [3.05, 3.63) is 59.7 Å². The van der Waals surface area contributed by atoms with Gasteiger partial charge in [0, 0.05) is 24.4 Å². The zero-order valence-corrected chi connectivity index (χ0v) is 19.2. The number of aliphatic carboxylic acids is 1. The quantitative estimate of drug-likeness (QED) is 0.467. The molecule has 176 valence electrons. The minimum atomic E-state index is -0.943. The van der Waals surface area contributed by atoms with E-state index < -0.39 is 24.1 Å². The van der Waals surface area contributed by atoms with Gasteiger partial charge in [-0.15, -0.1) is 0 Å². The smallest absolute Gasteiger partial charge is 0.407 e. The molecule has 0 saturated carbocycles. The Morgan fingerprint density at radius 1 is 0.970 bits per heavy atom. The highest BCUT2D eigenvalue weighted by molar-refractivity contribution is 5.80. The molecule has 7 heteroatoms. The molecule has 1 aliphatic rings. The third-order valence-electron chi connectivity index (χ3n) is 5.89. The van der Waals surface area contributed by atoms with E-state index in [1.807, 2.05) is 31.2 Å². The molecule has 2 aromatic rings. The summed E-state index contributed by atoms with van der Waals surface area (Å²) in [7, 11) is 0. The van der Waals surface area contributed by atoms with Crippen LogP contribution >= 0.6 is 0 Å². The van der Waals surface area contributed by atoms with Crippen molar-refractivity contribution in [2.45, 2.75) is 64.0 Å². The number of hydrogen-bond donors (Lipinski definition) is 3. The molecule has 0 spiro atoms. The number of alkyl carbamates (subject to hydrolysis) is 1. The van der Waals surface area contributed by atoms with Crippen molar-refractivity contribution in [1.29, 1.82) is 0 Å². The minimum absolute atomic E-state index is 0.0305. The third kappa shape index (κ3) is 6.57. The maximum absolute atomic E-state index is 12.4. The molecule has 0 bridgehead atoms. The average Bonchev–Trinajstić information content (AvgIpc) is 3.09. The summed E-state index contributed by atoms with van der Waals surface area (Å²) in [5, 5.41) is 14.5. The molecule has 1 aliphatic carbocycles. The fourth-order valence-electron chi connectivity index (χ4n) is 4.34. The zero-order valence-electron chi connectivity index (χ0n) is 19.2. The molecule has 0 aliphatic heterocycles. The molecule has 0 heterocycles. The van der Waals surface area contributed by atoms with Crippen molar-refractivity contribution < 1.29 is 24.2 Å². The van der Waals surface area contributed by atoms with Crippen LogP contribution in [0.3, 0.4) is 0 Å². The normalized spacial score (nSPS) is 14.0. The van der Waals surface area contributed by atoms with Crippen LogP contribution in [-0.2, 0) is 14.3 Å². The lowest BCUT2D eigenvalue weighted by molar-refractivity contribution is -0.137.